The highest BCUT2D eigenvalue weighted by Crippen LogP contribution is 2.48. The van der Waals surface area contributed by atoms with Crippen molar-refractivity contribution in [1.82, 2.24) is 0 Å². The first-order valence-corrected chi connectivity index (χ1v) is 16.2. The Bertz CT molecular complexity index is 1570. The molecule has 4 aromatic carbocycles. The minimum Gasteiger partial charge on any atom is -0.408 e. The van der Waals surface area contributed by atoms with Gasteiger partial charge in [-0.1, -0.05) is 72.8 Å². The largest absolute Gasteiger partial charge is 0.408 e. The fourth-order valence-corrected chi connectivity index (χ4v) is 8.68. The van der Waals surface area contributed by atoms with Gasteiger partial charge in [0.15, 0.2) is 0 Å². The highest BCUT2D eigenvalue weighted by Gasteiger charge is 2.30. The summed E-state index contributed by atoms with van der Waals surface area (Å²) < 4.78 is 16.7. The Morgan fingerprint density at radius 3 is 1.43 bits per heavy atom. The van der Waals surface area contributed by atoms with Gasteiger partial charge in [0.2, 0.25) is 0 Å². The average Bonchev–Trinajstić information content (AvgIpc) is 3.19. The first-order chi connectivity index (χ1) is 19.7. The van der Waals surface area contributed by atoms with Crippen LogP contribution in [0.3, 0.4) is 0 Å². The second kappa shape index (κ2) is 11.0. The molecule has 204 valence electrons. The van der Waals surface area contributed by atoms with Gasteiger partial charge in [0.05, 0.1) is 0 Å². The smallest absolute Gasteiger partial charge is 0.310 e. The molecule has 0 saturated carbocycles. The minimum absolute atomic E-state index is 0.0998. The lowest BCUT2D eigenvalue weighted by Crippen LogP contribution is -2.27. The summed E-state index contributed by atoms with van der Waals surface area (Å²) in [4.78, 5) is 0. The van der Waals surface area contributed by atoms with Crippen LogP contribution in [0, 0.1) is 0 Å². The van der Waals surface area contributed by atoms with Gasteiger partial charge in [0.25, 0.3) is 0 Å². The third-order valence-electron chi connectivity index (χ3n) is 9.14. The third kappa shape index (κ3) is 4.60. The molecule has 40 heavy (non-hydrogen) atoms. The molecule has 4 heteroatoms. The molecule has 5 aromatic rings. The molecule has 2 aliphatic rings. The van der Waals surface area contributed by atoms with Gasteiger partial charge in [0.1, 0.15) is 11.2 Å². The van der Waals surface area contributed by atoms with Crippen LogP contribution >= 0.6 is 8.16 Å². The zero-order valence-corrected chi connectivity index (χ0v) is 24.5. The molecule has 0 saturated heterocycles. The molecule has 7 rings (SSSR count). The molecular formula is C36H38NO2P. The number of hydrogen-bond acceptors (Lipinski definition) is 3. The number of fused-ring (bicyclic) bond motifs is 7. The van der Waals surface area contributed by atoms with Crippen LogP contribution < -0.4 is 4.67 Å². The first kappa shape index (κ1) is 25.7. The van der Waals surface area contributed by atoms with E-state index in [1.165, 1.54) is 69.8 Å². The molecule has 0 radical (unpaired) electrons. The van der Waals surface area contributed by atoms with E-state index in [-0.39, 0.29) is 12.1 Å². The van der Waals surface area contributed by atoms with E-state index in [2.05, 4.69) is 103 Å². The summed E-state index contributed by atoms with van der Waals surface area (Å²) in [5.74, 6) is 0. The van der Waals surface area contributed by atoms with E-state index in [4.69, 9.17) is 8.39 Å². The summed E-state index contributed by atoms with van der Waals surface area (Å²) >= 11 is 0. The van der Waals surface area contributed by atoms with Gasteiger partial charge >= 0.3 is 8.16 Å². The van der Waals surface area contributed by atoms with Crippen molar-refractivity contribution in [1.29, 1.82) is 0 Å². The standard InChI is InChI=1S/C36H38NO2P/c1-25(27-13-5-3-6-14-27)37(26(2)28-15-7-4-8-16-28)40-38-33-23-21-29-17-9-11-19-31(29)35(33)36-32-20-12-10-18-30(32)22-24-34(36)39-40/h3-8,13-16,21-26H,9-12,17-20H2,1-2H3/t25-,26-/m0/s1. The molecule has 0 spiro atoms. The van der Waals surface area contributed by atoms with Crippen LogP contribution in [0.4, 0.5) is 0 Å². The summed E-state index contributed by atoms with van der Waals surface area (Å²) in [7, 11) is -1.45. The molecule has 2 atom stereocenters. The lowest BCUT2D eigenvalue weighted by Gasteiger charge is -2.31. The normalized spacial score (nSPS) is 16.5. The Balaban J connectivity index is 1.54. The molecule has 0 aliphatic heterocycles. The molecular weight excluding hydrogens is 509 g/mol. The van der Waals surface area contributed by atoms with Crippen molar-refractivity contribution in [2.75, 3.05) is 4.67 Å². The molecule has 1 aromatic heterocycles. The fraction of sp³-hybridized carbons (Fsp3) is 0.333. The molecule has 0 bridgehead atoms. The lowest BCUT2D eigenvalue weighted by atomic mass is 9.84. The second-order valence-corrected chi connectivity index (χ2v) is 12.8. The van der Waals surface area contributed by atoms with Gasteiger partial charge in [-0.3, -0.25) is 0 Å². The van der Waals surface area contributed by atoms with Crippen LogP contribution in [0.25, 0.3) is 21.9 Å². The SMILES string of the molecule is C[C@@H](c1ccccc1)N([C@@H](C)c1ccccc1)p1oc2ccc3c(c2c2c4c(ccc2o1)CCCC4)CCCC3. The Morgan fingerprint density at radius 2 is 0.975 bits per heavy atom. The third-order valence-corrected chi connectivity index (χ3v) is 10.9. The van der Waals surface area contributed by atoms with Gasteiger partial charge in [-0.15, -0.1) is 0 Å². The van der Waals surface area contributed by atoms with E-state index in [0.717, 1.165) is 36.8 Å². The van der Waals surface area contributed by atoms with Crippen molar-refractivity contribution >= 4 is 30.1 Å². The quantitative estimate of drug-likeness (QED) is 0.219. The monoisotopic (exact) mass is 547 g/mol. The predicted molar refractivity (Wildman–Crippen MR) is 168 cm³/mol. The van der Waals surface area contributed by atoms with Crippen LogP contribution in [0.15, 0.2) is 93.3 Å². The molecule has 2 aliphatic carbocycles. The highest BCUT2D eigenvalue weighted by atomic mass is 31.1. The van der Waals surface area contributed by atoms with Crippen LogP contribution in [-0.2, 0) is 25.7 Å². The molecule has 0 amide bonds. The van der Waals surface area contributed by atoms with E-state index in [9.17, 15) is 0 Å². The van der Waals surface area contributed by atoms with Crippen molar-refractivity contribution in [2.24, 2.45) is 0 Å². The summed E-state index contributed by atoms with van der Waals surface area (Å²) in [5.41, 5.74) is 10.5. The Labute approximate surface area is 238 Å². The predicted octanol–water partition coefficient (Wildman–Crippen LogP) is 10.5. The van der Waals surface area contributed by atoms with Crippen LogP contribution in [0.2, 0.25) is 0 Å². The summed E-state index contributed by atoms with van der Waals surface area (Å²) in [5, 5.41) is 2.63. The van der Waals surface area contributed by atoms with E-state index in [0.29, 0.717) is 0 Å². The van der Waals surface area contributed by atoms with Crippen molar-refractivity contribution < 1.29 is 8.39 Å². The van der Waals surface area contributed by atoms with Crippen LogP contribution in [-0.4, -0.2) is 0 Å². The average molecular weight is 548 g/mol. The molecule has 0 unspecified atom stereocenters. The summed E-state index contributed by atoms with van der Waals surface area (Å²) in [6.07, 6.45) is 9.58. The molecule has 1 heterocycles. The molecule has 0 fully saturated rings. The van der Waals surface area contributed by atoms with Gasteiger partial charge in [-0.05, 0) is 111 Å². The zero-order valence-electron chi connectivity index (χ0n) is 23.6. The maximum atomic E-state index is 7.11. The Kier molecular flexibility index (Phi) is 7.04. The van der Waals surface area contributed by atoms with Gasteiger partial charge < -0.3 is 8.39 Å². The van der Waals surface area contributed by atoms with Crippen molar-refractivity contribution in [3.05, 3.63) is 118 Å². The van der Waals surface area contributed by atoms with E-state index in [1.54, 1.807) is 0 Å². The number of hydrogen-bond donors (Lipinski definition) is 0. The maximum absolute atomic E-state index is 7.11. The van der Waals surface area contributed by atoms with Gasteiger partial charge in [-0.25, -0.2) is 0 Å². The zero-order chi connectivity index (χ0) is 27.1. The van der Waals surface area contributed by atoms with Gasteiger partial charge in [0, 0.05) is 22.9 Å². The van der Waals surface area contributed by atoms with Crippen molar-refractivity contribution in [2.45, 2.75) is 77.3 Å². The van der Waals surface area contributed by atoms with Crippen molar-refractivity contribution in [3.63, 3.8) is 0 Å². The maximum Gasteiger partial charge on any atom is 0.310 e. The Hall–Kier alpha value is -3.26. The lowest BCUT2D eigenvalue weighted by molar-refractivity contribution is 0.558. The topological polar surface area (TPSA) is 29.5 Å². The molecule has 3 nitrogen and oxygen atoms in total. The minimum atomic E-state index is -1.45. The summed E-state index contributed by atoms with van der Waals surface area (Å²) in [6.45, 7) is 4.58. The van der Waals surface area contributed by atoms with E-state index in [1.807, 2.05) is 0 Å². The van der Waals surface area contributed by atoms with E-state index < -0.39 is 8.16 Å². The molecule has 0 N–H and O–H groups in total. The van der Waals surface area contributed by atoms with Crippen molar-refractivity contribution in [3.8, 4) is 0 Å². The van der Waals surface area contributed by atoms with Gasteiger partial charge in [-0.2, -0.15) is 4.67 Å². The fourth-order valence-electron chi connectivity index (χ4n) is 6.98. The Morgan fingerprint density at radius 1 is 0.550 bits per heavy atom. The van der Waals surface area contributed by atoms with E-state index >= 15 is 0 Å². The van der Waals surface area contributed by atoms with Crippen LogP contribution in [0.5, 0.6) is 0 Å². The highest BCUT2D eigenvalue weighted by molar-refractivity contribution is 7.39. The number of aryl methyl sites for hydroxylation is 4. The van der Waals surface area contributed by atoms with Crippen LogP contribution in [0.1, 0.15) is 85.0 Å². The summed E-state index contributed by atoms with van der Waals surface area (Å²) in [6, 6.07) is 30.9. The number of rotatable bonds is 5. The second-order valence-electron chi connectivity index (χ2n) is 11.5. The number of nitrogens with zero attached hydrogens (tertiary/aromatic N) is 1. The number of benzene rings is 4. The first-order valence-electron chi connectivity index (χ1n) is 15.0.